The largest absolute Gasteiger partial charge is 0.453 e. The molecule has 1 aliphatic heterocycles. The van der Waals surface area contributed by atoms with Gasteiger partial charge in [-0.15, -0.1) is 11.3 Å². The number of likely N-dealkylation sites (tertiary alicyclic amines) is 1. The zero-order valence-corrected chi connectivity index (χ0v) is 21.7. The van der Waals surface area contributed by atoms with Crippen molar-refractivity contribution in [1.29, 1.82) is 0 Å². The molecule has 0 spiro atoms. The molecule has 3 aromatic heterocycles. The molecule has 0 radical (unpaired) electrons. The summed E-state index contributed by atoms with van der Waals surface area (Å²) in [5, 5.41) is 0. The Morgan fingerprint density at radius 3 is 2.73 bits per heavy atom. The summed E-state index contributed by atoms with van der Waals surface area (Å²) in [5.74, 6) is 0.945. The lowest BCUT2D eigenvalue weighted by atomic mass is 10.0. The summed E-state index contributed by atoms with van der Waals surface area (Å²) in [6.07, 6.45) is 12.7. The maximum Gasteiger partial charge on any atom is 0.166 e. The number of fused-ring (bicyclic) bond motifs is 1. The molecule has 0 atom stereocenters. The van der Waals surface area contributed by atoms with E-state index in [0.29, 0.717) is 23.7 Å². The Morgan fingerprint density at radius 2 is 1.92 bits per heavy atom. The summed E-state index contributed by atoms with van der Waals surface area (Å²) >= 11 is 1.54. The van der Waals surface area contributed by atoms with E-state index in [1.54, 1.807) is 35.7 Å². The lowest BCUT2D eigenvalue weighted by Crippen LogP contribution is -2.32. The summed E-state index contributed by atoms with van der Waals surface area (Å²) in [6, 6.07) is 8.56. The average Bonchev–Trinajstić information content (AvgIpc) is 3.39. The second-order valence-corrected chi connectivity index (χ2v) is 11.3. The SMILES string of the molecule is O=C(Cc1ccc(Oc2ccnc3cc(-c4cn(CCN5CCCCC5)cn4)sc23)c(F)c1)CC1CC1. The van der Waals surface area contributed by atoms with Crippen LogP contribution in [0.3, 0.4) is 0 Å². The normalized spacial score (nSPS) is 16.4. The Morgan fingerprint density at radius 1 is 1.05 bits per heavy atom. The van der Waals surface area contributed by atoms with E-state index in [0.717, 1.165) is 46.7 Å². The first-order chi connectivity index (χ1) is 18.1. The molecule has 6 rings (SSSR count). The van der Waals surface area contributed by atoms with E-state index in [-0.39, 0.29) is 18.0 Å². The third kappa shape index (κ3) is 5.91. The molecule has 0 unspecified atom stereocenters. The van der Waals surface area contributed by atoms with Gasteiger partial charge < -0.3 is 14.2 Å². The summed E-state index contributed by atoms with van der Waals surface area (Å²) in [4.78, 5) is 24.8. The van der Waals surface area contributed by atoms with Crippen molar-refractivity contribution in [2.24, 2.45) is 5.92 Å². The highest BCUT2D eigenvalue weighted by molar-refractivity contribution is 7.22. The number of Topliss-reactive ketones (excluding diaryl/α,β-unsaturated/α-hetero) is 1. The van der Waals surface area contributed by atoms with Crippen molar-refractivity contribution < 1.29 is 13.9 Å². The van der Waals surface area contributed by atoms with Crippen molar-refractivity contribution in [2.45, 2.75) is 51.5 Å². The van der Waals surface area contributed by atoms with E-state index in [1.165, 1.54) is 38.4 Å². The highest BCUT2D eigenvalue weighted by Crippen LogP contribution is 2.39. The number of hydrogen-bond acceptors (Lipinski definition) is 6. The number of hydrogen-bond donors (Lipinski definition) is 0. The van der Waals surface area contributed by atoms with E-state index in [4.69, 9.17) is 4.74 Å². The molecule has 2 aliphatic rings. The molecule has 1 aromatic carbocycles. The van der Waals surface area contributed by atoms with Gasteiger partial charge >= 0.3 is 0 Å². The number of imidazole rings is 1. The van der Waals surface area contributed by atoms with E-state index in [2.05, 4.69) is 25.6 Å². The Kier molecular flexibility index (Phi) is 7.02. The van der Waals surface area contributed by atoms with Crippen LogP contribution < -0.4 is 4.74 Å². The van der Waals surface area contributed by atoms with Crippen molar-refractivity contribution in [3.63, 3.8) is 0 Å². The summed E-state index contributed by atoms with van der Waals surface area (Å²) in [6.45, 7) is 4.34. The number of benzene rings is 1. The number of rotatable bonds is 10. The molecule has 8 heteroatoms. The van der Waals surface area contributed by atoms with Crippen LogP contribution in [0, 0.1) is 11.7 Å². The van der Waals surface area contributed by atoms with E-state index in [9.17, 15) is 9.18 Å². The van der Waals surface area contributed by atoms with E-state index >= 15 is 0 Å². The van der Waals surface area contributed by atoms with Crippen LogP contribution in [0.25, 0.3) is 20.8 Å². The smallest absolute Gasteiger partial charge is 0.166 e. The molecule has 4 heterocycles. The number of ether oxygens (including phenoxy) is 1. The fourth-order valence-electron chi connectivity index (χ4n) is 4.97. The highest BCUT2D eigenvalue weighted by Gasteiger charge is 2.24. The Hall–Kier alpha value is -3.10. The molecule has 0 N–H and O–H groups in total. The van der Waals surface area contributed by atoms with Crippen molar-refractivity contribution in [2.75, 3.05) is 19.6 Å². The van der Waals surface area contributed by atoms with Gasteiger partial charge in [0.15, 0.2) is 11.6 Å². The van der Waals surface area contributed by atoms with Gasteiger partial charge in [-0.3, -0.25) is 9.78 Å². The standard InChI is InChI=1S/C29H31FN4O2S/c30-23-16-21(15-22(35)14-20-4-5-20)6-7-26(23)36-27-8-9-31-24-17-28(37-29(24)27)25-18-34(19-32-25)13-12-33-10-2-1-3-11-33/h6-9,16-20H,1-5,10-15H2. The molecule has 192 valence electrons. The molecule has 0 bridgehead atoms. The lowest BCUT2D eigenvalue weighted by molar-refractivity contribution is -0.118. The molecule has 1 saturated carbocycles. The Bertz CT molecular complexity index is 1400. The highest BCUT2D eigenvalue weighted by atomic mass is 32.1. The van der Waals surface area contributed by atoms with Gasteiger partial charge in [-0.2, -0.15) is 0 Å². The third-order valence-electron chi connectivity index (χ3n) is 7.22. The molecular formula is C29H31FN4O2S. The van der Waals surface area contributed by atoms with Crippen molar-refractivity contribution in [1.82, 2.24) is 19.4 Å². The molecule has 0 amide bonds. The number of ketones is 1. The lowest BCUT2D eigenvalue weighted by Gasteiger charge is -2.26. The van der Waals surface area contributed by atoms with Crippen LogP contribution in [0.1, 0.15) is 44.1 Å². The zero-order valence-electron chi connectivity index (χ0n) is 20.9. The number of piperidine rings is 1. The Labute approximate surface area is 220 Å². The van der Waals surface area contributed by atoms with Gasteiger partial charge in [-0.25, -0.2) is 9.37 Å². The molecule has 6 nitrogen and oxygen atoms in total. The predicted molar refractivity (Wildman–Crippen MR) is 144 cm³/mol. The van der Waals surface area contributed by atoms with Gasteiger partial charge in [0, 0.05) is 44.4 Å². The molecular weight excluding hydrogens is 487 g/mol. The van der Waals surface area contributed by atoms with Gasteiger partial charge in [0.05, 0.1) is 27.1 Å². The van der Waals surface area contributed by atoms with Crippen LogP contribution in [0.15, 0.2) is 49.1 Å². The maximum absolute atomic E-state index is 14.9. The molecule has 1 aliphatic carbocycles. The van der Waals surface area contributed by atoms with Crippen LogP contribution in [0.4, 0.5) is 4.39 Å². The van der Waals surface area contributed by atoms with Crippen LogP contribution in [0.5, 0.6) is 11.5 Å². The van der Waals surface area contributed by atoms with Crippen LogP contribution in [0.2, 0.25) is 0 Å². The van der Waals surface area contributed by atoms with Crippen molar-refractivity contribution >= 4 is 27.3 Å². The second-order valence-electron chi connectivity index (χ2n) is 10.3. The maximum atomic E-state index is 14.9. The van der Waals surface area contributed by atoms with Crippen molar-refractivity contribution in [3.8, 4) is 22.1 Å². The van der Waals surface area contributed by atoms with Crippen LogP contribution in [-0.2, 0) is 17.8 Å². The average molecular weight is 519 g/mol. The molecule has 4 aromatic rings. The first kappa shape index (κ1) is 24.2. The minimum atomic E-state index is -0.467. The molecule has 1 saturated heterocycles. The number of carbonyl (C=O) groups excluding carboxylic acids is 1. The van der Waals surface area contributed by atoms with Crippen LogP contribution >= 0.6 is 11.3 Å². The number of halogens is 1. The second kappa shape index (κ2) is 10.7. The fraction of sp³-hybridized carbons (Fsp3) is 0.414. The zero-order chi connectivity index (χ0) is 25.2. The van der Waals surface area contributed by atoms with Gasteiger partial charge in [0.2, 0.25) is 0 Å². The molecule has 37 heavy (non-hydrogen) atoms. The first-order valence-electron chi connectivity index (χ1n) is 13.2. The number of thiophene rings is 1. The predicted octanol–water partition coefficient (Wildman–Crippen LogP) is 6.49. The van der Waals surface area contributed by atoms with Gasteiger partial charge in [0.1, 0.15) is 11.5 Å². The van der Waals surface area contributed by atoms with Gasteiger partial charge in [-0.1, -0.05) is 12.5 Å². The van der Waals surface area contributed by atoms with Gasteiger partial charge in [0.25, 0.3) is 0 Å². The van der Waals surface area contributed by atoms with E-state index < -0.39 is 5.82 Å². The summed E-state index contributed by atoms with van der Waals surface area (Å²) in [7, 11) is 0. The van der Waals surface area contributed by atoms with Crippen molar-refractivity contribution in [3.05, 3.63) is 60.4 Å². The third-order valence-corrected chi connectivity index (χ3v) is 8.38. The summed E-state index contributed by atoms with van der Waals surface area (Å²) in [5.41, 5.74) is 2.38. The minimum Gasteiger partial charge on any atom is -0.453 e. The van der Waals surface area contributed by atoms with Gasteiger partial charge in [-0.05, 0) is 68.5 Å². The minimum absolute atomic E-state index is 0.142. The molecule has 2 fully saturated rings. The monoisotopic (exact) mass is 518 g/mol. The topological polar surface area (TPSA) is 60.2 Å². The first-order valence-corrected chi connectivity index (χ1v) is 14.0. The van der Waals surface area contributed by atoms with E-state index in [1.807, 2.05) is 12.4 Å². The Balaban J connectivity index is 1.15. The number of nitrogens with zero attached hydrogens (tertiary/aromatic N) is 4. The number of aromatic nitrogens is 3. The fourth-order valence-corrected chi connectivity index (χ4v) is 6.00. The quantitative estimate of drug-likeness (QED) is 0.240. The van der Waals surface area contributed by atoms with Crippen LogP contribution in [-0.4, -0.2) is 44.9 Å². The number of pyridine rings is 1. The number of carbonyl (C=O) groups is 1. The summed E-state index contributed by atoms with van der Waals surface area (Å²) < 4.78 is 23.9.